The van der Waals surface area contributed by atoms with Crippen LogP contribution in [0.25, 0.3) is 0 Å². The molecule has 1 amide bonds. The first kappa shape index (κ1) is 17.8. The molecule has 1 aliphatic rings. The molecule has 1 aliphatic carbocycles. The molecule has 0 heterocycles. The largest absolute Gasteiger partial charge is 0.406 e. The zero-order valence-corrected chi connectivity index (χ0v) is 12.6. The molecule has 6 heteroatoms. The summed E-state index contributed by atoms with van der Waals surface area (Å²) in [6.45, 7) is 3.19. The van der Waals surface area contributed by atoms with Crippen molar-refractivity contribution >= 4 is 5.91 Å². The van der Waals surface area contributed by atoms with E-state index in [0.717, 1.165) is 30.6 Å². The van der Waals surface area contributed by atoms with Crippen molar-refractivity contribution in [2.45, 2.75) is 52.1 Å². The van der Waals surface area contributed by atoms with E-state index >= 15 is 0 Å². The van der Waals surface area contributed by atoms with Crippen molar-refractivity contribution in [3.63, 3.8) is 0 Å². The molecule has 0 spiro atoms. The summed E-state index contributed by atoms with van der Waals surface area (Å²) in [5.74, 6) is 0.621. The topological polar surface area (TPSA) is 44.1 Å². The first-order valence-electron chi connectivity index (χ1n) is 7.44. The molecule has 0 aromatic rings. The fourth-order valence-corrected chi connectivity index (χ4v) is 3.00. The van der Waals surface area contributed by atoms with Crippen LogP contribution in [0, 0.1) is 29.1 Å². The van der Waals surface area contributed by atoms with Gasteiger partial charge in [-0.3, -0.25) is 4.79 Å². The number of halogens is 3. The Morgan fingerprint density at radius 1 is 1.29 bits per heavy atom. The molecule has 0 aromatic heterocycles. The Morgan fingerprint density at radius 3 is 2.29 bits per heavy atom. The number of amides is 1. The van der Waals surface area contributed by atoms with Crippen LogP contribution < -0.4 is 0 Å². The molecule has 0 aliphatic heterocycles. The first-order valence-corrected chi connectivity index (χ1v) is 7.44. The molecule has 0 N–H and O–H groups in total. The lowest BCUT2D eigenvalue weighted by Gasteiger charge is -2.34. The summed E-state index contributed by atoms with van der Waals surface area (Å²) in [6, 6.07) is 1.63. The van der Waals surface area contributed by atoms with Gasteiger partial charge in [-0.05, 0) is 43.4 Å². The van der Waals surface area contributed by atoms with Gasteiger partial charge in [0.05, 0.1) is 6.07 Å². The Labute approximate surface area is 124 Å². The molecule has 0 aromatic carbocycles. The Hall–Kier alpha value is -1.25. The number of nitriles is 1. The summed E-state index contributed by atoms with van der Waals surface area (Å²) in [6.07, 6.45) is -1.17. The minimum Gasteiger partial charge on any atom is -0.332 e. The summed E-state index contributed by atoms with van der Waals surface area (Å²) in [5.41, 5.74) is 0. The summed E-state index contributed by atoms with van der Waals surface area (Å²) in [5, 5.41) is 8.51. The molecule has 21 heavy (non-hydrogen) atoms. The van der Waals surface area contributed by atoms with Crippen LogP contribution in [0.15, 0.2) is 0 Å². The van der Waals surface area contributed by atoms with Crippen molar-refractivity contribution in [2.75, 3.05) is 13.1 Å². The molecule has 0 atom stereocenters. The van der Waals surface area contributed by atoms with Gasteiger partial charge in [-0.2, -0.15) is 18.4 Å². The Morgan fingerprint density at radius 2 is 1.86 bits per heavy atom. The Bertz CT molecular complexity index is 379. The first-order chi connectivity index (χ1) is 9.73. The lowest BCUT2D eigenvalue weighted by Crippen LogP contribution is -2.42. The van der Waals surface area contributed by atoms with Gasteiger partial charge in [0.15, 0.2) is 0 Å². The predicted octanol–water partition coefficient (Wildman–Crippen LogP) is 3.75. The molecule has 0 unspecified atom stereocenters. The normalized spacial score (nSPS) is 22.9. The lowest BCUT2D eigenvalue weighted by molar-refractivity contribution is -0.162. The van der Waals surface area contributed by atoms with Crippen LogP contribution in [0.5, 0.6) is 0 Å². The Kier molecular flexibility index (Phi) is 6.50. The van der Waals surface area contributed by atoms with Crippen LogP contribution in [0.3, 0.4) is 0 Å². The summed E-state index contributed by atoms with van der Waals surface area (Å²) < 4.78 is 37.7. The molecular weight excluding hydrogens is 281 g/mol. The number of rotatable bonds is 5. The van der Waals surface area contributed by atoms with E-state index in [4.69, 9.17) is 5.26 Å². The van der Waals surface area contributed by atoms with Crippen molar-refractivity contribution in [3.05, 3.63) is 0 Å². The zero-order chi connectivity index (χ0) is 16.0. The third-order valence-corrected chi connectivity index (χ3v) is 4.27. The van der Waals surface area contributed by atoms with Crippen molar-refractivity contribution in [1.29, 1.82) is 5.26 Å². The number of hydrogen-bond acceptors (Lipinski definition) is 2. The standard InChI is InChI=1S/C15H23F3N2O/c1-11(2)13-5-3-12(4-6-13)9-20(10-15(16,17)18)14(21)7-8-19/h11-13H,3-7,9-10H2,1-2H3/t12-,13-. The van der Waals surface area contributed by atoms with E-state index < -0.39 is 25.0 Å². The molecule has 1 saturated carbocycles. The van der Waals surface area contributed by atoms with Crippen LogP contribution in [-0.4, -0.2) is 30.1 Å². The van der Waals surface area contributed by atoms with Gasteiger partial charge < -0.3 is 4.90 Å². The maximum atomic E-state index is 12.6. The van der Waals surface area contributed by atoms with Gasteiger partial charge in [-0.25, -0.2) is 0 Å². The van der Waals surface area contributed by atoms with E-state index in [1.165, 1.54) is 0 Å². The van der Waals surface area contributed by atoms with E-state index in [-0.39, 0.29) is 12.5 Å². The fraction of sp³-hybridized carbons (Fsp3) is 0.867. The second kappa shape index (κ2) is 7.67. The third kappa shape index (κ3) is 6.36. The van der Waals surface area contributed by atoms with Gasteiger partial charge >= 0.3 is 6.18 Å². The zero-order valence-electron chi connectivity index (χ0n) is 12.6. The smallest absolute Gasteiger partial charge is 0.332 e. The Balaban J connectivity index is 2.57. The molecule has 0 radical (unpaired) electrons. The van der Waals surface area contributed by atoms with E-state index in [0.29, 0.717) is 11.8 Å². The van der Waals surface area contributed by atoms with Crippen molar-refractivity contribution < 1.29 is 18.0 Å². The molecule has 0 saturated heterocycles. The maximum absolute atomic E-state index is 12.6. The van der Waals surface area contributed by atoms with Gasteiger partial charge in [0.1, 0.15) is 13.0 Å². The average molecular weight is 304 g/mol. The van der Waals surface area contributed by atoms with Gasteiger partial charge in [-0.15, -0.1) is 0 Å². The summed E-state index contributed by atoms with van der Waals surface area (Å²) in [7, 11) is 0. The number of carbonyl (C=O) groups is 1. The van der Waals surface area contributed by atoms with Crippen LogP contribution in [0.4, 0.5) is 13.2 Å². The van der Waals surface area contributed by atoms with Gasteiger partial charge in [0, 0.05) is 6.54 Å². The third-order valence-electron chi connectivity index (χ3n) is 4.27. The number of carbonyl (C=O) groups excluding carboxylic acids is 1. The van der Waals surface area contributed by atoms with Crippen molar-refractivity contribution in [2.24, 2.45) is 17.8 Å². The molecule has 1 rings (SSSR count). The molecule has 120 valence electrons. The van der Waals surface area contributed by atoms with Gasteiger partial charge in [0.2, 0.25) is 5.91 Å². The van der Waals surface area contributed by atoms with Crippen molar-refractivity contribution in [3.8, 4) is 6.07 Å². The fourth-order valence-electron chi connectivity index (χ4n) is 3.00. The van der Waals surface area contributed by atoms with Crippen LogP contribution >= 0.6 is 0 Å². The quantitative estimate of drug-likeness (QED) is 0.776. The lowest BCUT2D eigenvalue weighted by atomic mass is 9.77. The summed E-state index contributed by atoms with van der Waals surface area (Å²) in [4.78, 5) is 12.5. The highest BCUT2D eigenvalue weighted by molar-refractivity contribution is 5.78. The van der Waals surface area contributed by atoms with E-state index in [1.807, 2.05) is 0 Å². The minimum absolute atomic E-state index is 0.116. The predicted molar refractivity (Wildman–Crippen MR) is 73.2 cm³/mol. The maximum Gasteiger partial charge on any atom is 0.406 e. The highest BCUT2D eigenvalue weighted by atomic mass is 19.4. The minimum atomic E-state index is -4.42. The monoisotopic (exact) mass is 304 g/mol. The second-order valence-electron chi connectivity index (χ2n) is 6.25. The summed E-state index contributed by atoms with van der Waals surface area (Å²) >= 11 is 0. The highest BCUT2D eigenvalue weighted by Crippen LogP contribution is 2.34. The van der Waals surface area contributed by atoms with Crippen LogP contribution in [0.2, 0.25) is 0 Å². The molecular formula is C15H23F3N2O. The average Bonchev–Trinajstić information content (AvgIpc) is 2.37. The van der Waals surface area contributed by atoms with Gasteiger partial charge in [-0.1, -0.05) is 13.8 Å². The molecule has 3 nitrogen and oxygen atoms in total. The van der Waals surface area contributed by atoms with Crippen molar-refractivity contribution in [1.82, 2.24) is 4.90 Å². The van der Waals surface area contributed by atoms with E-state index in [1.54, 1.807) is 6.07 Å². The molecule has 0 bridgehead atoms. The van der Waals surface area contributed by atoms with Crippen LogP contribution in [0.1, 0.15) is 46.0 Å². The number of hydrogen-bond donors (Lipinski definition) is 0. The van der Waals surface area contributed by atoms with E-state index in [9.17, 15) is 18.0 Å². The van der Waals surface area contributed by atoms with Crippen LogP contribution in [-0.2, 0) is 4.79 Å². The number of nitrogens with zero attached hydrogens (tertiary/aromatic N) is 2. The SMILES string of the molecule is CC(C)[C@H]1CC[C@H](CN(CC(F)(F)F)C(=O)CC#N)CC1. The number of alkyl halides is 3. The van der Waals surface area contributed by atoms with E-state index in [2.05, 4.69) is 13.8 Å². The molecule has 1 fully saturated rings. The highest BCUT2D eigenvalue weighted by Gasteiger charge is 2.34. The second-order valence-corrected chi connectivity index (χ2v) is 6.25. The van der Waals surface area contributed by atoms with Gasteiger partial charge in [0.25, 0.3) is 0 Å².